The molecule has 0 saturated carbocycles. The minimum atomic E-state index is -4.20. The van der Waals surface area contributed by atoms with Crippen LogP contribution in [0.2, 0.25) is 10.0 Å². The highest BCUT2D eigenvalue weighted by Crippen LogP contribution is 2.30. The van der Waals surface area contributed by atoms with Crippen LogP contribution in [0.5, 0.6) is 0 Å². The van der Waals surface area contributed by atoms with Crippen molar-refractivity contribution in [3.63, 3.8) is 0 Å². The maximum atomic E-state index is 14.5. The van der Waals surface area contributed by atoms with Crippen molar-refractivity contribution in [2.24, 2.45) is 5.92 Å². The molecular weight excluding hydrogens is 697 g/mol. The first-order chi connectivity index (χ1) is 21.5. The highest BCUT2D eigenvalue weighted by molar-refractivity contribution is 9.10. The van der Waals surface area contributed by atoms with Gasteiger partial charge in [0.2, 0.25) is 11.8 Å². The second kappa shape index (κ2) is 15.8. The minimum absolute atomic E-state index is 0.0222. The molecule has 236 valence electrons. The fraction of sp³-hybridized carbons (Fsp3) is 0.235. The molecule has 0 aliphatic carbocycles. The summed E-state index contributed by atoms with van der Waals surface area (Å²) < 4.78 is 29.8. The molecule has 0 fully saturated rings. The molecule has 7 nitrogen and oxygen atoms in total. The molecule has 0 radical (unpaired) electrons. The van der Waals surface area contributed by atoms with Gasteiger partial charge in [0.1, 0.15) is 12.6 Å². The number of halogens is 3. The normalized spacial score (nSPS) is 12.0. The second-order valence-electron chi connectivity index (χ2n) is 10.9. The third-order valence-corrected chi connectivity index (χ3v) is 10.0. The van der Waals surface area contributed by atoms with Crippen molar-refractivity contribution in [2.75, 3.05) is 17.4 Å². The Morgan fingerprint density at radius 3 is 2.04 bits per heavy atom. The van der Waals surface area contributed by atoms with E-state index in [1.807, 2.05) is 44.2 Å². The van der Waals surface area contributed by atoms with Crippen LogP contribution in [-0.4, -0.2) is 44.3 Å². The van der Waals surface area contributed by atoms with Crippen LogP contribution in [0.25, 0.3) is 0 Å². The number of rotatable bonds is 13. The Hall–Kier alpha value is -3.37. The van der Waals surface area contributed by atoms with E-state index in [0.29, 0.717) is 26.6 Å². The van der Waals surface area contributed by atoms with Crippen LogP contribution in [0.15, 0.2) is 112 Å². The summed E-state index contributed by atoms with van der Waals surface area (Å²) in [6, 6.07) is 27.9. The number of carbonyl (C=O) groups is 2. The SMILES string of the molecule is CC(C)CNC(=O)[C@@H](Cc1ccccc1)N(Cc1c(Cl)cccc1Cl)C(=O)CN(c1cccc(Br)c1)S(=O)(=O)c1ccccc1. The zero-order chi connectivity index (χ0) is 32.6. The average molecular weight is 732 g/mol. The van der Waals surface area contributed by atoms with Crippen LogP contribution >= 0.6 is 39.1 Å². The number of nitrogens with one attached hydrogen (secondary N) is 1. The van der Waals surface area contributed by atoms with Gasteiger partial charge in [-0.3, -0.25) is 13.9 Å². The first-order valence-electron chi connectivity index (χ1n) is 14.3. The summed E-state index contributed by atoms with van der Waals surface area (Å²) >= 11 is 16.5. The first kappa shape index (κ1) is 34.5. The van der Waals surface area contributed by atoms with E-state index in [4.69, 9.17) is 23.2 Å². The van der Waals surface area contributed by atoms with Crippen LogP contribution in [-0.2, 0) is 32.6 Å². The lowest BCUT2D eigenvalue weighted by atomic mass is 10.0. The molecule has 0 spiro atoms. The van der Waals surface area contributed by atoms with Crippen molar-refractivity contribution in [2.45, 2.75) is 37.8 Å². The average Bonchev–Trinajstić information content (AvgIpc) is 3.02. The smallest absolute Gasteiger partial charge is 0.264 e. The van der Waals surface area contributed by atoms with Crippen molar-refractivity contribution in [3.8, 4) is 0 Å². The van der Waals surface area contributed by atoms with Gasteiger partial charge >= 0.3 is 0 Å². The Kier molecular flexibility index (Phi) is 12.1. The van der Waals surface area contributed by atoms with Crippen LogP contribution in [0.3, 0.4) is 0 Å². The number of anilines is 1. The van der Waals surface area contributed by atoms with E-state index in [9.17, 15) is 18.0 Å². The standard InChI is InChI=1S/C34H34BrCl2N3O4S/c1-24(2)21-38-34(42)32(19-25-11-5-3-6-12-25)39(22-29-30(36)17-10-18-31(29)37)33(41)23-40(27-14-9-13-26(35)20-27)45(43,44)28-15-7-4-8-16-28/h3-18,20,24,32H,19,21-23H2,1-2H3,(H,38,42)/t32-/m1/s1. The van der Waals surface area contributed by atoms with Crippen molar-refractivity contribution in [3.05, 3.63) is 129 Å². The van der Waals surface area contributed by atoms with Crippen molar-refractivity contribution < 1.29 is 18.0 Å². The van der Waals surface area contributed by atoms with Gasteiger partial charge in [0.15, 0.2) is 0 Å². The van der Waals surface area contributed by atoms with Gasteiger partial charge in [-0.2, -0.15) is 0 Å². The molecule has 0 aliphatic rings. The number of carbonyl (C=O) groups excluding carboxylic acids is 2. The molecule has 0 aliphatic heterocycles. The van der Waals surface area contributed by atoms with E-state index in [1.54, 1.807) is 60.7 Å². The summed E-state index contributed by atoms with van der Waals surface area (Å²) in [5.74, 6) is -0.813. The Bertz CT molecular complexity index is 1700. The summed E-state index contributed by atoms with van der Waals surface area (Å²) in [5, 5.41) is 3.61. The highest BCUT2D eigenvalue weighted by atomic mass is 79.9. The Morgan fingerprint density at radius 1 is 0.844 bits per heavy atom. The number of amides is 2. The lowest BCUT2D eigenvalue weighted by Crippen LogP contribution is -2.53. The van der Waals surface area contributed by atoms with Gasteiger partial charge in [0.25, 0.3) is 10.0 Å². The second-order valence-corrected chi connectivity index (χ2v) is 14.5. The molecule has 45 heavy (non-hydrogen) atoms. The highest BCUT2D eigenvalue weighted by Gasteiger charge is 2.35. The maximum absolute atomic E-state index is 14.5. The summed E-state index contributed by atoms with van der Waals surface area (Å²) in [7, 11) is -4.20. The van der Waals surface area contributed by atoms with Gasteiger partial charge in [-0.15, -0.1) is 0 Å². The molecule has 11 heteroatoms. The maximum Gasteiger partial charge on any atom is 0.264 e. The van der Waals surface area contributed by atoms with Crippen LogP contribution in [0.1, 0.15) is 25.0 Å². The first-order valence-corrected chi connectivity index (χ1v) is 17.3. The number of benzene rings is 4. The van der Waals surface area contributed by atoms with E-state index in [-0.39, 0.29) is 35.4 Å². The van der Waals surface area contributed by atoms with Gasteiger partial charge in [0, 0.05) is 39.6 Å². The molecule has 0 saturated heterocycles. The number of hydrogen-bond donors (Lipinski definition) is 1. The fourth-order valence-corrected chi connectivity index (χ4v) is 7.04. The van der Waals surface area contributed by atoms with Crippen LogP contribution in [0, 0.1) is 5.92 Å². The lowest BCUT2D eigenvalue weighted by molar-refractivity contribution is -0.140. The zero-order valence-corrected chi connectivity index (χ0v) is 28.8. The van der Waals surface area contributed by atoms with Crippen LogP contribution in [0.4, 0.5) is 5.69 Å². The van der Waals surface area contributed by atoms with Gasteiger partial charge in [-0.1, -0.05) is 114 Å². The van der Waals surface area contributed by atoms with Crippen molar-refractivity contribution >= 4 is 66.7 Å². The van der Waals surface area contributed by atoms with Gasteiger partial charge in [-0.05, 0) is 53.9 Å². The fourth-order valence-electron chi connectivity index (χ4n) is 4.71. The lowest BCUT2D eigenvalue weighted by Gasteiger charge is -2.34. The largest absolute Gasteiger partial charge is 0.354 e. The summed E-state index contributed by atoms with van der Waals surface area (Å²) in [6.07, 6.45) is 0.181. The quantitative estimate of drug-likeness (QED) is 0.156. The Morgan fingerprint density at radius 2 is 1.44 bits per heavy atom. The molecule has 0 unspecified atom stereocenters. The van der Waals surface area contributed by atoms with Gasteiger partial charge in [-0.25, -0.2) is 8.42 Å². The van der Waals surface area contributed by atoms with E-state index >= 15 is 0 Å². The molecule has 0 bridgehead atoms. The summed E-state index contributed by atoms with van der Waals surface area (Å²) in [6.45, 7) is 3.64. The van der Waals surface area contributed by atoms with E-state index < -0.39 is 28.5 Å². The third kappa shape index (κ3) is 9.10. The Labute approximate surface area is 283 Å². The van der Waals surface area contributed by atoms with E-state index in [2.05, 4.69) is 21.2 Å². The molecule has 4 rings (SSSR count). The number of hydrogen-bond acceptors (Lipinski definition) is 4. The third-order valence-electron chi connectivity index (χ3n) is 7.05. The summed E-state index contributed by atoms with van der Waals surface area (Å²) in [5.41, 5.74) is 1.55. The molecule has 4 aromatic rings. The predicted octanol–water partition coefficient (Wildman–Crippen LogP) is 7.36. The molecule has 0 heterocycles. The molecule has 1 atom stereocenters. The van der Waals surface area contributed by atoms with E-state index in [0.717, 1.165) is 9.87 Å². The molecule has 4 aromatic carbocycles. The molecule has 1 N–H and O–H groups in total. The topological polar surface area (TPSA) is 86.8 Å². The zero-order valence-electron chi connectivity index (χ0n) is 24.9. The summed E-state index contributed by atoms with van der Waals surface area (Å²) in [4.78, 5) is 29.8. The van der Waals surface area contributed by atoms with Crippen LogP contribution < -0.4 is 9.62 Å². The Balaban J connectivity index is 1.83. The molecule has 2 amide bonds. The number of nitrogens with zero attached hydrogens (tertiary/aromatic N) is 2. The predicted molar refractivity (Wildman–Crippen MR) is 184 cm³/mol. The van der Waals surface area contributed by atoms with Gasteiger partial charge in [0.05, 0.1) is 10.6 Å². The van der Waals surface area contributed by atoms with Gasteiger partial charge < -0.3 is 10.2 Å². The molecular formula is C34H34BrCl2N3O4S. The molecule has 0 aromatic heterocycles. The monoisotopic (exact) mass is 729 g/mol. The van der Waals surface area contributed by atoms with E-state index in [1.165, 1.54) is 17.0 Å². The van der Waals surface area contributed by atoms with Crippen molar-refractivity contribution in [1.82, 2.24) is 10.2 Å². The minimum Gasteiger partial charge on any atom is -0.354 e. The van der Waals surface area contributed by atoms with Crippen molar-refractivity contribution in [1.29, 1.82) is 0 Å². The number of sulfonamides is 1.